The van der Waals surface area contributed by atoms with Crippen molar-refractivity contribution in [3.8, 4) is 0 Å². The van der Waals surface area contributed by atoms with Gasteiger partial charge in [0.05, 0.1) is 18.5 Å². The van der Waals surface area contributed by atoms with Gasteiger partial charge >= 0.3 is 16.4 Å². The lowest BCUT2D eigenvalue weighted by molar-refractivity contribution is -0.124. The van der Waals surface area contributed by atoms with Crippen molar-refractivity contribution in [1.82, 2.24) is 20.6 Å². The van der Waals surface area contributed by atoms with E-state index in [0.29, 0.717) is 24.5 Å². The molecule has 0 radical (unpaired) electrons. The normalized spacial score (nSPS) is 29.0. The van der Waals surface area contributed by atoms with E-state index in [-0.39, 0.29) is 18.8 Å². The fraction of sp³-hybridized carbons (Fsp3) is 0.769. The van der Waals surface area contributed by atoms with Gasteiger partial charge in [0.15, 0.2) is 0 Å². The minimum Gasteiger partial charge on any atom is -0.363 e. The summed E-state index contributed by atoms with van der Waals surface area (Å²) in [6.07, 6.45) is 1.24. The molecule has 26 heavy (non-hydrogen) atoms. The number of amides is 3. The van der Waals surface area contributed by atoms with Crippen LogP contribution in [0.25, 0.3) is 0 Å². The molecule has 3 atom stereocenters. The smallest absolute Gasteiger partial charge is 0.363 e. The second-order valence-electron chi connectivity index (χ2n) is 6.34. The van der Waals surface area contributed by atoms with Crippen molar-refractivity contribution in [2.24, 2.45) is 0 Å². The molecular weight excluding hydrogens is 370 g/mol. The van der Waals surface area contributed by atoms with Crippen LogP contribution in [0.1, 0.15) is 25.7 Å². The van der Waals surface area contributed by atoms with Gasteiger partial charge in [-0.15, -0.1) is 4.28 Å². The molecule has 0 aromatic heterocycles. The van der Waals surface area contributed by atoms with E-state index < -0.39 is 40.6 Å². The molecule has 0 saturated carbocycles. The van der Waals surface area contributed by atoms with Crippen LogP contribution >= 0.6 is 0 Å². The highest BCUT2D eigenvalue weighted by molar-refractivity contribution is 7.80. The first kappa shape index (κ1) is 19.0. The zero-order valence-corrected chi connectivity index (χ0v) is 14.7. The Morgan fingerprint density at radius 1 is 1.46 bits per heavy atom. The second-order valence-corrected chi connectivity index (χ2v) is 7.35. The Morgan fingerprint density at radius 3 is 2.88 bits per heavy atom. The summed E-state index contributed by atoms with van der Waals surface area (Å²) in [7, 11) is -4.82. The minimum absolute atomic E-state index is 0.0453. The van der Waals surface area contributed by atoms with E-state index in [9.17, 15) is 18.0 Å². The molecule has 3 amide bonds. The maximum absolute atomic E-state index is 12.3. The SMILES string of the molecule is N=C(NC(=O)CC1NCCCO1)C1CCC2CN1C(=O)N2OS(=O)(=O)O. The van der Waals surface area contributed by atoms with Crippen LogP contribution in [0, 0.1) is 5.41 Å². The predicted octanol–water partition coefficient (Wildman–Crippen LogP) is -1.19. The van der Waals surface area contributed by atoms with Gasteiger partial charge in [-0.2, -0.15) is 13.5 Å². The van der Waals surface area contributed by atoms with Crippen molar-refractivity contribution in [1.29, 1.82) is 5.41 Å². The number of urea groups is 1. The van der Waals surface area contributed by atoms with E-state index in [1.807, 2.05) is 0 Å². The maximum Gasteiger partial charge on any atom is 0.418 e. The molecule has 0 aliphatic carbocycles. The number of carbonyl (C=O) groups is 2. The van der Waals surface area contributed by atoms with Crippen LogP contribution < -0.4 is 10.6 Å². The zero-order valence-electron chi connectivity index (χ0n) is 13.9. The number of fused-ring (bicyclic) bond motifs is 2. The van der Waals surface area contributed by atoms with Crippen molar-refractivity contribution in [3.05, 3.63) is 0 Å². The summed E-state index contributed by atoms with van der Waals surface area (Å²) in [5.41, 5.74) is 0. The minimum atomic E-state index is -4.82. The van der Waals surface area contributed by atoms with Gasteiger partial charge in [-0.25, -0.2) is 4.79 Å². The lowest BCUT2D eigenvalue weighted by Crippen LogP contribution is -2.51. The van der Waals surface area contributed by atoms with Gasteiger partial charge in [0.1, 0.15) is 12.1 Å². The van der Waals surface area contributed by atoms with E-state index in [4.69, 9.17) is 14.7 Å². The molecule has 0 aromatic carbocycles. The van der Waals surface area contributed by atoms with Crippen LogP contribution in [0.5, 0.6) is 0 Å². The third kappa shape index (κ3) is 4.29. The molecule has 0 spiro atoms. The van der Waals surface area contributed by atoms with Gasteiger partial charge in [0.25, 0.3) is 0 Å². The molecule has 3 unspecified atom stereocenters. The third-order valence-corrected chi connectivity index (χ3v) is 4.84. The lowest BCUT2D eigenvalue weighted by atomic mass is 10.00. The number of ether oxygens (including phenoxy) is 1. The molecule has 2 bridgehead atoms. The molecule has 3 saturated heterocycles. The summed E-state index contributed by atoms with van der Waals surface area (Å²) in [5.74, 6) is -0.555. The fourth-order valence-corrected chi connectivity index (χ4v) is 3.72. The topological polar surface area (TPSA) is 161 Å². The van der Waals surface area contributed by atoms with Crippen molar-refractivity contribution < 1.29 is 31.6 Å². The zero-order chi connectivity index (χ0) is 18.9. The molecule has 3 fully saturated rings. The van der Waals surface area contributed by atoms with Crippen LogP contribution in [0.2, 0.25) is 0 Å². The Hall–Kier alpha value is -1.80. The lowest BCUT2D eigenvalue weighted by Gasteiger charge is -2.31. The molecule has 3 heterocycles. The summed E-state index contributed by atoms with van der Waals surface area (Å²) in [4.78, 5) is 25.6. The molecule has 146 valence electrons. The maximum atomic E-state index is 12.3. The number of piperidine rings is 1. The van der Waals surface area contributed by atoms with Crippen LogP contribution in [0.4, 0.5) is 4.79 Å². The number of nitrogens with one attached hydrogen (secondary N) is 3. The molecule has 13 heteroatoms. The molecule has 0 aromatic rings. The van der Waals surface area contributed by atoms with Gasteiger partial charge in [-0.05, 0) is 25.8 Å². The van der Waals surface area contributed by atoms with Crippen LogP contribution in [-0.4, -0.2) is 78.7 Å². The van der Waals surface area contributed by atoms with Crippen molar-refractivity contribution in [3.63, 3.8) is 0 Å². The largest absolute Gasteiger partial charge is 0.418 e. The first-order valence-corrected chi connectivity index (χ1v) is 9.61. The highest BCUT2D eigenvalue weighted by Gasteiger charge is 2.48. The fourth-order valence-electron chi connectivity index (χ4n) is 3.34. The summed E-state index contributed by atoms with van der Waals surface area (Å²) >= 11 is 0. The number of nitrogens with zero attached hydrogens (tertiary/aromatic N) is 2. The summed E-state index contributed by atoms with van der Waals surface area (Å²) in [5, 5.41) is 14.2. The first-order valence-electron chi connectivity index (χ1n) is 8.25. The van der Waals surface area contributed by atoms with Crippen molar-refractivity contribution in [2.75, 3.05) is 19.7 Å². The van der Waals surface area contributed by atoms with E-state index in [0.717, 1.165) is 13.0 Å². The van der Waals surface area contributed by atoms with Crippen molar-refractivity contribution in [2.45, 2.75) is 44.0 Å². The first-order chi connectivity index (χ1) is 12.2. The molecule has 3 rings (SSSR count). The highest BCUT2D eigenvalue weighted by atomic mass is 32.3. The Kier molecular flexibility index (Phi) is 5.43. The third-order valence-electron chi connectivity index (χ3n) is 4.49. The molecule has 3 aliphatic heterocycles. The summed E-state index contributed by atoms with van der Waals surface area (Å²) in [6.45, 7) is 1.47. The quantitative estimate of drug-likeness (QED) is 0.258. The van der Waals surface area contributed by atoms with E-state index in [1.54, 1.807) is 0 Å². The monoisotopic (exact) mass is 391 g/mol. The second kappa shape index (κ2) is 7.44. The number of carbonyl (C=O) groups excluding carboxylic acids is 2. The number of amidine groups is 1. The number of hydrogen-bond donors (Lipinski definition) is 4. The van der Waals surface area contributed by atoms with E-state index in [1.165, 1.54) is 4.90 Å². The molecule has 4 N–H and O–H groups in total. The number of hydrogen-bond acceptors (Lipinski definition) is 8. The van der Waals surface area contributed by atoms with E-state index >= 15 is 0 Å². The molecule has 3 aliphatic rings. The molecule has 12 nitrogen and oxygen atoms in total. The van der Waals surface area contributed by atoms with Crippen LogP contribution in [0.15, 0.2) is 0 Å². The van der Waals surface area contributed by atoms with Crippen molar-refractivity contribution >= 4 is 28.2 Å². The Balaban J connectivity index is 1.57. The average Bonchev–Trinajstić information content (AvgIpc) is 2.79. The van der Waals surface area contributed by atoms with Crippen LogP contribution in [-0.2, 0) is 24.2 Å². The van der Waals surface area contributed by atoms with Gasteiger partial charge in [-0.3, -0.25) is 20.1 Å². The summed E-state index contributed by atoms with van der Waals surface area (Å²) in [6, 6.07) is -2.01. The van der Waals surface area contributed by atoms with E-state index in [2.05, 4.69) is 14.9 Å². The number of hydroxylamine groups is 2. The van der Waals surface area contributed by atoms with Gasteiger partial charge in [0.2, 0.25) is 5.91 Å². The Labute approximate surface area is 150 Å². The number of rotatable bonds is 5. The average molecular weight is 391 g/mol. The van der Waals surface area contributed by atoms with Gasteiger partial charge in [0, 0.05) is 13.2 Å². The Morgan fingerprint density at radius 2 is 2.23 bits per heavy atom. The van der Waals surface area contributed by atoms with Gasteiger partial charge in [-0.1, -0.05) is 0 Å². The predicted molar refractivity (Wildman–Crippen MR) is 86.2 cm³/mol. The highest BCUT2D eigenvalue weighted by Crippen LogP contribution is 2.30. The van der Waals surface area contributed by atoms with Gasteiger partial charge < -0.3 is 15.0 Å². The Bertz CT molecular complexity index is 693. The molecular formula is C13H21N5O7S. The summed E-state index contributed by atoms with van der Waals surface area (Å²) < 4.78 is 40.2. The standard InChI is InChI=1S/C13H21N5O7S/c14-12(16-10(19)6-11-15-4-1-5-24-11)9-3-2-8-7-17(9)13(20)18(8)25-26(21,22)23/h8-9,11,15H,1-7H2,(H2,14,16,19)(H,21,22,23). The van der Waals surface area contributed by atoms with Crippen LogP contribution in [0.3, 0.4) is 0 Å².